The van der Waals surface area contributed by atoms with E-state index in [4.69, 9.17) is 5.53 Å². The predicted octanol–water partition coefficient (Wildman–Crippen LogP) is 0.477. The number of nitrogens with zero attached hydrogens (tertiary/aromatic N) is 3. The van der Waals surface area contributed by atoms with Crippen LogP contribution in [0.5, 0.6) is 0 Å². The summed E-state index contributed by atoms with van der Waals surface area (Å²) in [4.78, 5) is 2.23. The molecule has 0 aromatic heterocycles. The first-order valence-corrected chi connectivity index (χ1v) is 1.00. The SMILES string of the molecule is [N-]=[N+]=[N+]S. The van der Waals surface area contributed by atoms with Gasteiger partial charge in [0.25, 0.3) is 4.91 Å². The highest BCUT2D eigenvalue weighted by molar-refractivity contribution is 7.77. The zero-order valence-electron chi connectivity index (χ0n) is 1.79. The molecule has 0 amide bonds. The number of rotatable bonds is 0. The molecule has 0 aromatic rings. The molecule has 0 aliphatic heterocycles. The Bertz CT molecular complexity index is 41.2. The van der Waals surface area contributed by atoms with Gasteiger partial charge in [-0.1, -0.05) is 0 Å². The summed E-state index contributed by atoms with van der Waals surface area (Å²) in [6.45, 7) is 0. The lowest BCUT2D eigenvalue weighted by atomic mass is 13.0. The quantitative estimate of drug-likeness (QED) is 0.188. The summed E-state index contributed by atoms with van der Waals surface area (Å²) in [5.74, 6) is 0. The van der Waals surface area contributed by atoms with Gasteiger partial charge >= 0.3 is 5.53 Å². The summed E-state index contributed by atoms with van der Waals surface area (Å²) in [6, 6.07) is 0. The third-order valence-corrected chi connectivity index (χ3v) is 0.120. The molecule has 3 nitrogen and oxygen atoms in total. The Morgan fingerprint density at radius 1 is 1.75 bits per heavy atom. The minimum Gasteiger partial charge on any atom is 0.0506 e. The molecular formula is HN3S+. The van der Waals surface area contributed by atoms with Crippen LogP contribution in [-0.4, -0.2) is 0 Å². The van der Waals surface area contributed by atoms with E-state index in [0.29, 0.717) is 0 Å². The Balaban J connectivity index is 3.11. The van der Waals surface area contributed by atoms with Crippen LogP contribution in [0.4, 0.5) is 0 Å². The maximum Gasteiger partial charge on any atom is 0.356 e. The van der Waals surface area contributed by atoms with Crippen molar-refractivity contribution in [3.05, 3.63) is 10.4 Å². The normalized spacial score (nSPS) is 4.25. The molecule has 21 valence electrons. The molecule has 0 aliphatic rings. The molecule has 0 spiro atoms. The van der Waals surface area contributed by atoms with E-state index in [2.05, 4.69) is 22.2 Å². The number of thiol groups is 1. The second-order valence-corrected chi connectivity index (χ2v) is 0.358. The Hall–Kier alpha value is -0.340. The fraction of sp³-hybridized carbons (Fsp3) is 0. The summed E-state index contributed by atoms with van der Waals surface area (Å²) in [5.41, 5.74) is 7.26. The van der Waals surface area contributed by atoms with Crippen LogP contribution in [0.2, 0.25) is 0 Å². The van der Waals surface area contributed by atoms with E-state index in [0.717, 1.165) is 0 Å². The van der Waals surface area contributed by atoms with Crippen molar-refractivity contribution in [2.75, 3.05) is 0 Å². The number of azide groups is 1. The van der Waals surface area contributed by atoms with Gasteiger partial charge < -0.3 is 0 Å². The fourth-order valence-electron chi connectivity index (χ4n) is 0. The largest absolute Gasteiger partial charge is 0.356 e. The van der Waals surface area contributed by atoms with Crippen molar-refractivity contribution < 1.29 is 0 Å². The average molecular weight is 75.1 g/mol. The van der Waals surface area contributed by atoms with Gasteiger partial charge in [0.2, 0.25) is 0 Å². The van der Waals surface area contributed by atoms with Gasteiger partial charge in [-0.05, 0) is 0 Å². The molecule has 4 heavy (non-hydrogen) atoms. The molecule has 0 N–H and O–H groups in total. The van der Waals surface area contributed by atoms with Gasteiger partial charge in [-0.15, -0.1) is 0 Å². The molecule has 0 aromatic carbocycles. The average Bonchev–Trinajstić information content (AvgIpc) is 1.37. The lowest BCUT2D eigenvalue weighted by Crippen LogP contribution is -1.35. The first-order chi connectivity index (χ1) is 1.91. The second-order valence-electron chi connectivity index (χ2n) is 0.179. The van der Waals surface area contributed by atoms with Crippen LogP contribution in [0.15, 0.2) is 0 Å². The highest BCUT2D eigenvalue weighted by Crippen LogP contribution is 1.45. The lowest BCUT2D eigenvalue weighted by Gasteiger charge is -1.13. The zero-order valence-corrected chi connectivity index (χ0v) is 2.68. The fourth-order valence-corrected chi connectivity index (χ4v) is 0. The molecule has 0 aliphatic carbocycles. The Kier molecular flexibility index (Phi) is 2.43. The molecule has 0 saturated carbocycles. The topological polar surface area (TPSA) is 50.5 Å². The molecular weight excluding hydrogens is 74.1 g/mol. The lowest BCUT2D eigenvalue weighted by molar-refractivity contribution is 1.62. The van der Waals surface area contributed by atoms with E-state index in [1.807, 2.05) is 0 Å². The predicted molar refractivity (Wildman–Crippen MR) is 17.8 cm³/mol. The highest BCUT2D eigenvalue weighted by Gasteiger charge is 1.50. The van der Waals surface area contributed by atoms with E-state index in [1.165, 1.54) is 0 Å². The summed E-state index contributed by atoms with van der Waals surface area (Å²) in [5, 5.41) is 0. The smallest absolute Gasteiger partial charge is 0.0506 e. The summed E-state index contributed by atoms with van der Waals surface area (Å²) < 4.78 is 2.61. The Labute approximate surface area is 28.8 Å². The molecule has 0 rings (SSSR count). The van der Waals surface area contributed by atoms with Gasteiger partial charge in [0, 0.05) is 0 Å². The van der Waals surface area contributed by atoms with Crippen molar-refractivity contribution in [2.45, 2.75) is 0 Å². The molecule has 1 radical (unpaired) electrons. The van der Waals surface area contributed by atoms with Crippen molar-refractivity contribution in [2.24, 2.45) is 0 Å². The monoisotopic (exact) mass is 75.0 g/mol. The molecule has 0 atom stereocenters. The summed E-state index contributed by atoms with van der Waals surface area (Å²) in [6.07, 6.45) is 0. The van der Waals surface area contributed by atoms with Gasteiger partial charge in [0.15, 0.2) is 4.52 Å². The van der Waals surface area contributed by atoms with Crippen molar-refractivity contribution in [1.29, 1.82) is 0 Å². The maximum atomic E-state index is 7.26. The van der Waals surface area contributed by atoms with Crippen LogP contribution >= 0.6 is 12.8 Å². The first kappa shape index (κ1) is 3.66. The Morgan fingerprint density at radius 3 is 2.00 bits per heavy atom. The van der Waals surface area contributed by atoms with Gasteiger partial charge in [-0.3, -0.25) is 0 Å². The number of hydrogen-bond acceptors (Lipinski definition) is 1. The van der Waals surface area contributed by atoms with Gasteiger partial charge in [-0.2, -0.15) is 0 Å². The van der Waals surface area contributed by atoms with Crippen molar-refractivity contribution in [3.63, 3.8) is 0 Å². The van der Waals surface area contributed by atoms with Crippen molar-refractivity contribution >= 4 is 12.8 Å². The van der Waals surface area contributed by atoms with Gasteiger partial charge in [0.05, 0.1) is 12.8 Å². The van der Waals surface area contributed by atoms with Crippen molar-refractivity contribution in [1.82, 2.24) is 4.52 Å². The van der Waals surface area contributed by atoms with E-state index < -0.39 is 0 Å². The van der Waals surface area contributed by atoms with Crippen LogP contribution in [-0.2, 0) is 0 Å². The van der Waals surface area contributed by atoms with Crippen molar-refractivity contribution in [3.8, 4) is 0 Å². The minimum absolute atomic E-state index is 2.23. The molecule has 0 unspecified atom stereocenters. The minimum atomic E-state index is 2.23. The molecule has 4 heteroatoms. The van der Waals surface area contributed by atoms with E-state index in [1.54, 1.807) is 0 Å². The van der Waals surface area contributed by atoms with E-state index in [9.17, 15) is 0 Å². The maximum absolute atomic E-state index is 7.26. The van der Waals surface area contributed by atoms with Gasteiger partial charge in [-0.25, -0.2) is 0 Å². The molecule has 0 saturated heterocycles. The van der Waals surface area contributed by atoms with Crippen LogP contribution < -0.4 is 4.52 Å². The second kappa shape index (κ2) is 2.66. The zero-order chi connectivity index (χ0) is 3.41. The molecule has 0 fully saturated rings. The Morgan fingerprint density at radius 2 is 2.00 bits per heavy atom. The third-order valence-electron chi connectivity index (χ3n) is 0.0400. The van der Waals surface area contributed by atoms with Crippen LogP contribution in [0.1, 0.15) is 0 Å². The molecule has 0 heterocycles. The van der Waals surface area contributed by atoms with E-state index >= 15 is 0 Å². The summed E-state index contributed by atoms with van der Waals surface area (Å²) in [7, 11) is 0. The van der Waals surface area contributed by atoms with Crippen LogP contribution in [0.25, 0.3) is 10.4 Å². The first-order valence-electron chi connectivity index (χ1n) is 0.600. The number of hydrogen-bond donors (Lipinski definition) is 1. The van der Waals surface area contributed by atoms with Gasteiger partial charge in [0.1, 0.15) is 0 Å². The summed E-state index contributed by atoms with van der Waals surface area (Å²) >= 11 is 3.13. The molecule has 0 bridgehead atoms. The van der Waals surface area contributed by atoms with Crippen LogP contribution in [0.3, 0.4) is 0 Å². The standard InChI is InChI=1S/HN3S/c1-2-3-4/h4H/q+1. The van der Waals surface area contributed by atoms with Crippen LogP contribution in [0, 0.1) is 0 Å². The highest BCUT2D eigenvalue weighted by atomic mass is 32.1. The van der Waals surface area contributed by atoms with E-state index in [-0.39, 0.29) is 0 Å². The third kappa shape index (κ3) is 1.66.